The summed E-state index contributed by atoms with van der Waals surface area (Å²) in [5, 5.41) is 7.24. The van der Waals surface area contributed by atoms with Crippen LogP contribution in [-0.2, 0) is 0 Å². The Kier molecular flexibility index (Phi) is 1.13. The van der Waals surface area contributed by atoms with Gasteiger partial charge in [-0.25, -0.2) is 0 Å². The van der Waals surface area contributed by atoms with Crippen LogP contribution in [0.15, 0.2) is 12.3 Å². The average Bonchev–Trinajstić information content (AvgIpc) is 2.03. The molecule has 0 spiro atoms. The monoisotopic (exact) mass is 139 g/mol. The van der Waals surface area contributed by atoms with Crippen molar-refractivity contribution < 1.29 is 4.11 Å². The molecule has 10 heavy (non-hydrogen) atoms. The number of rotatable bonds is 1. The summed E-state index contributed by atoms with van der Waals surface area (Å²) in [6.07, 6.45) is 1.60. The number of aromatic nitrogens is 2. The Labute approximate surface area is 65.5 Å². The molecule has 0 atom stereocenters. The predicted octanol–water partition coefficient (Wildman–Crippen LogP) is 1.91. The van der Waals surface area contributed by atoms with E-state index in [9.17, 15) is 0 Å². The fraction of sp³-hybridized carbons (Fsp3) is 0.500. The third-order valence-corrected chi connectivity index (χ3v) is 1.34. The first-order valence-electron chi connectivity index (χ1n) is 4.74. The Morgan fingerprint density at radius 1 is 1.60 bits per heavy atom. The van der Waals surface area contributed by atoms with Crippen LogP contribution in [0.2, 0.25) is 0 Å². The zero-order valence-corrected chi connectivity index (χ0v) is 6.13. The summed E-state index contributed by atoms with van der Waals surface area (Å²) in [5.74, 6) is 0.275. The highest BCUT2D eigenvalue weighted by Crippen LogP contribution is 2.11. The molecule has 0 aliphatic rings. The molecule has 0 fully saturated rings. The van der Waals surface area contributed by atoms with Gasteiger partial charge in [-0.3, -0.25) is 0 Å². The molecule has 2 heteroatoms. The maximum atomic E-state index is 7.14. The smallest absolute Gasteiger partial charge is 0.0603 e. The van der Waals surface area contributed by atoms with E-state index in [1.165, 1.54) is 0 Å². The lowest BCUT2D eigenvalue weighted by molar-refractivity contribution is 0.831. The van der Waals surface area contributed by atoms with Crippen molar-refractivity contribution in [3.05, 3.63) is 23.5 Å². The third kappa shape index (κ3) is 1.53. The van der Waals surface area contributed by atoms with Crippen LogP contribution in [0.5, 0.6) is 0 Å². The van der Waals surface area contributed by atoms with Gasteiger partial charge in [-0.1, -0.05) is 13.8 Å². The van der Waals surface area contributed by atoms with Crippen LogP contribution >= 0.6 is 0 Å². The molecule has 0 bridgehead atoms. The lowest BCUT2D eigenvalue weighted by Crippen LogP contribution is -1.92. The molecule has 2 nitrogen and oxygen atoms in total. The Morgan fingerprint density at radius 3 is 3.00 bits per heavy atom. The first-order valence-corrected chi connectivity index (χ1v) is 3.24. The topological polar surface area (TPSA) is 25.8 Å². The molecule has 0 saturated carbocycles. The molecule has 1 aromatic rings. The van der Waals surface area contributed by atoms with Crippen molar-refractivity contribution >= 4 is 0 Å². The number of hydrogen-bond donors (Lipinski definition) is 0. The largest absolute Gasteiger partial charge is 0.159 e. The summed E-state index contributed by atoms with van der Waals surface area (Å²) >= 11 is 0. The van der Waals surface area contributed by atoms with Gasteiger partial charge in [-0.15, -0.1) is 0 Å². The second kappa shape index (κ2) is 2.78. The molecule has 1 heterocycles. The van der Waals surface area contributed by atoms with Crippen LogP contribution < -0.4 is 0 Å². The summed E-state index contributed by atoms with van der Waals surface area (Å²) in [6, 6.07) is 1.59. The molecule has 0 radical (unpaired) electrons. The molecule has 0 unspecified atom stereocenters. The van der Waals surface area contributed by atoms with E-state index in [4.69, 9.17) is 4.11 Å². The highest BCUT2D eigenvalue weighted by Gasteiger charge is 1.98. The van der Waals surface area contributed by atoms with Crippen molar-refractivity contribution in [1.82, 2.24) is 10.2 Å². The van der Waals surface area contributed by atoms with Crippen molar-refractivity contribution in [2.24, 2.45) is 0 Å². The average molecular weight is 139 g/mol. The standard InChI is InChI=1S/C8H12N2/c1-6(2)8-4-7(3)10-9-5-8/h4-6H,1-3H3/i3D3. The molecular weight excluding hydrogens is 124 g/mol. The van der Waals surface area contributed by atoms with Gasteiger partial charge in [-0.05, 0) is 24.4 Å². The van der Waals surface area contributed by atoms with Crippen LogP contribution in [0.1, 0.15) is 35.1 Å². The van der Waals surface area contributed by atoms with Crippen LogP contribution in [-0.4, -0.2) is 10.2 Å². The fourth-order valence-electron chi connectivity index (χ4n) is 0.697. The Morgan fingerprint density at radius 2 is 2.40 bits per heavy atom. The van der Waals surface area contributed by atoms with Gasteiger partial charge < -0.3 is 0 Å². The summed E-state index contributed by atoms with van der Waals surface area (Å²) in [4.78, 5) is 0. The molecule has 1 aromatic heterocycles. The normalized spacial score (nSPS) is 16.1. The van der Waals surface area contributed by atoms with Crippen LogP contribution in [0.25, 0.3) is 0 Å². The van der Waals surface area contributed by atoms with Gasteiger partial charge >= 0.3 is 0 Å². The van der Waals surface area contributed by atoms with E-state index in [2.05, 4.69) is 10.2 Å². The molecule has 54 valence electrons. The van der Waals surface area contributed by atoms with Gasteiger partial charge in [-0.2, -0.15) is 10.2 Å². The zero-order chi connectivity index (χ0) is 10.1. The molecule has 0 N–H and O–H groups in total. The predicted molar refractivity (Wildman–Crippen MR) is 40.9 cm³/mol. The van der Waals surface area contributed by atoms with Crippen molar-refractivity contribution in [2.45, 2.75) is 26.6 Å². The van der Waals surface area contributed by atoms with Crippen molar-refractivity contribution in [2.75, 3.05) is 0 Å². The molecule has 1 rings (SSSR count). The van der Waals surface area contributed by atoms with Crippen molar-refractivity contribution in [1.29, 1.82) is 0 Å². The number of hydrogen-bond acceptors (Lipinski definition) is 2. The molecule has 0 aliphatic carbocycles. The van der Waals surface area contributed by atoms with E-state index in [-0.39, 0.29) is 11.6 Å². The fourth-order valence-corrected chi connectivity index (χ4v) is 0.697. The van der Waals surface area contributed by atoms with Gasteiger partial charge in [0.05, 0.1) is 11.9 Å². The Balaban J connectivity index is 3.06. The van der Waals surface area contributed by atoms with Crippen LogP contribution in [0, 0.1) is 6.85 Å². The molecule has 0 aliphatic heterocycles. The number of aryl methyl sites for hydroxylation is 1. The van der Waals surface area contributed by atoms with E-state index in [1.54, 1.807) is 12.3 Å². The van der Waals surface area contributed by atoms with E-state index in [0.29, 0.717) is 0 Å². The van der Waals surface area contributed by atoms with Gasteiger partial charge in [0.1, 0.15) is 0 Å². The second-order valence-electron chi connectivity index (χ2n) is 2.53. The van der Waals surface area contributed by atoms with Crippen molar-refractivity contribution in [3.8, 4) is 0 Å². The zero-order valence-electron chi connectivity index (χ0n) is 9.13. The van der Waals surface area contributed by atoms with Crippen LogP contribution in [0.3, 0.4) is 0 Å². The third-order valence-electron chi connectivity index (χ3n) is 1.34. The van der Waals surface area contributed by atoms with Gasteiger partial charge in [0.25, 0.3) is 0 Å². The maximum Gasteiger partial charge on any atom is 0.0603 e. The highest BCUT2D eigenvalue weighted by molar-refractivity contribution is 5.14. The Bertz CT molecular complexity index is 294. The number of nitrogens with zero attached hydrogens (tertiary/aromatic N) is 2. The van der Waals surface area contributed by atoms with Crippen LogP contribution in [0.4, 0.5) is 0 Å². The molecule has 0 amide bonds. The van der Waals surface area contributed by atoms with Gasteiger partial charge in [0.2, 0.25) is 0 Å². The van der Waals surface area contributed by atoms with Gasteiger partial charge in [0.15, 0.2) is 0 Å². The van der Waals surface area contributed by atoms with E-state index in [1.807, 2.05) is 13.8 Å². The summed E-state index contributed by atoms with van der Waals surface area (Å²) in [5.41, 5.74) is 0.972. The minimum absolute atomic E-state index is 0.0682. The first-order chi connectivity index (χ1) is 5.91. The van der Waals surface area contributed by atoms with Gasteiger partial charge in [0, 0.05) is 4.11 Å². The van der Waals surface area contributed by atoms with Crippen molar-refractivity contribution in [3.63, 3.8) is 0 Å². The minimum Gasteiger partial charge on any atom is -0.159 e. The second-order valence-corrected chi connectivity index (χ2v) is 2.53. The maximum absolute atomic E-state index is 7.14. The minimum atomic E-state index is -2.15. The quantitative estimate of drug-likeness (QED) is 0.594. The Hall–Kier alpha value is -0.920. The summed E-state index contributed by atoms with van der Waals surface area (Å²) < 4.78 is 21.4. The molecule has 0 saturated heterocycles. The highest BCUT2D eigenvalue weighted by atomic mass is 15.1. The van der Waals surface area contributed by atoms with E-state index < -0.39 is 6.85 Å². The molecule has 0 aromatic carbocycles. The first kappa shape index (κ1) is 4.06. The summed E-state index contributed by atoms with van der Waals surface area (Å²) in [7, 11) is 0. The lowest BCUT2D eigenvalue weighted by atomic mass is 10.1. The SMILES string of the molecule is [2H]C([2H])([2H])c1cc(C(C)C)cnn1. The lowest BCUT2D eigenvalue weighted by Gasteiger charge is -2.02. The summed E-state index contributed by atoms with van der Waals surface area (Å²) in [6.45, 7) is 1.82. The van der Waals surface area contributed by atoms with E-state index in [0.717, 1.165) is 5.56 Å². The van der Waals surface area contributed by atoms with E-state index >= 15 is 0 Å². The molecular formula is C8H12N2.